The normalized spacial score (nSPS) is 12.2. The molecule has 3 heteroatoms. The lowest BCUT2D eigenvalue weighted by atomic mass is 9.99. The van der Waals surface area contributed by atoms with Crippen molar-refractivity contribution in [1.82, 2.24) is 5.32 Å². The Labute approximate surface area is 125 Å². The highest BCUT2D eigenvalue weighted by molar-refractivity contribution is 7.99. The Bertz CT molecular complexity index is 522. The second kappa shape index (κ2) is 7.36. The Hall–Kier alpha value is -1.45. The number of methoxy groups -OCH3 is 1. The maximum atomic E-state index is 5.21. The van der Waals surface area contributed by atoms with Crippen LogP contribution in [0.2, 0.25) is 0 Å². The number of thioether (sulfide) groups is 1. The van der Waals surface area contributed by atoms with Crippen LogP contribution in [-0.4, -0.2) is 19.9 Å². The lowest BCUT2D eigenvalue weighted by molar-refractivity contribution is 0.414. The summed E-state index contributed by atoms with van der Waals surface area (Å²) >= 11 is 1.87. The molecule has 20 heavy (non-hydrogen) atoms. The molecule has 0 saturated carbocycles. The fourth-order valence-corrected chi connectivity index (χ4v) is 2.91. The highest BCUT2D eigenvalue weighted by atomic mass is 32.2. The molecule has 0 amide bonds. The van der Waals surface area contributed by atoms with Crippen molar-refractivity contribution < 1.29 is 4.74 Å². The Morgan fingerprint density at radius 1 is 1.00 bits per heavy atom. The fourth-order valence-electron chi connectivity index (χ4n) is 2.25. The number of nitrogens with one attached hydrogen (secondary N) is 1. The van der Waals surface area contributed by atoms with Gasteiger partial charge in [-0.3, -0.25) is 0 Å². The smallest absolute Gasteiger partial charge is 0.118 e. The predicted octanol–water partition coefficient (Wildman–Crippen LogP) is 4.12. The minimum absolute atomic E-state index is 0.210. The van der Waals surface area contributed by atoms with Gasteiger partial charge < -0.3 is 10.1 Å². The molecule has 0 fully saturated rings. The molecule has 1 atom stereocenters. The molecule has 0 heterocycles. The number of hydrogen-bond donors (Lipinski definition) is 1. The van der Waals surface area contributed by atoms with Crippen LogP contribution in [0.3, 0.4) is 0 Å². The van der Waals surface area contributed by atoms with Gasteiger partial charge in [0.15, 0.2) is 0 Å². The van der Waals surface area contributed by atoms with Gasteiger partial charge in [-0.25, -0.2) is 0 Å². The summed E-state index contributed by atoms with van der Waals surface area (Å²) in [5.74, 6) is 1.99. The van der Waals surface area contributed by atoms with E-state index in [0.29, 0.717) is 0 Å². The van der Waals surface area contributed by atoms with Crippen LogP contribution in [0.15, 0.2) is 53.4 Å². The zero-order valence-electron chi connectivity index (χ0n) is 12.2. The zero-order chi connectivity index (χ0) is 14.4. The quantitative estimate of drug-likeness (QED) is 0.808. The monoisotopic (exact) mass is 287 g/mol. The van der Waals surface area contributed by atoms with Gasteiger partial charge in [-0.2, -0.15) is 0 Å². The first-order chi connectivity index (χ1) is 9.78. The van der Waals surface area contributed by atoms with E-state index in [1.165, 1.54) is 16.0 Å². The molecule has 0 spiro atoms. The summed E-state index contributed by atoms with van der Waals surface area (Å²) in [6.45, 7) is 2.17. The SMILES string of the molecule is CCSc1ccc(C(NC)c2ccc(OC)cc2)cc1. The molecule has 2 aromatic rings. The van der Waals surface area contributed by atoms with E-state index >= 15 is 0 Å². The summed E-state index contributed by atoms with van der Waals surface area (Å²) in [5.41, 5.74) is 2.52. The standard InChI is InChI=1S/C17H21NOS/c1-4-20-16-11-7-14(8-12-16)17(18-2)13-5-9-15(19-3)10-6-13/h5-12,17-18H,4H2,1-3H3. The van der Waals surface area contributed by atoms with Gasteiger partial charge in [0.25, 0.3) is 0 Å². The van der Waals surface area contributed by atoms with Gasteiger partial charge in [-0.05, 0) is 48.2 Å². The lowest BCUT2D eigenvalue weighted by Gasteiger charge is -2.18. The van der Waals surface area contributed by atoms with Crippen molar-refractivity contribution in [1.29, 1.82) is 0 Å². The number of ether oxygens (including phenoxy) is 1. The number of benzene rings is 2. The van der Waals surface area contributed by atoms with Crippen molar-refractivity contribution in [2.45, 2.75) is 17.9 Å². The summed E-state index contributed by atoms with van der Waals surface area (Å²) in [7, 11) is 3.68. The van der Waals surface area contributed by atoms with Crippen LogP contribution >= 0.6 is 11.8 Å². The number of hydrogen-bond acceptors (Lipinski definition) is 3. The molecule has 0 aliphatic heterocycles. The molecular weight excluding hydrogens is 266 g/mol. The topological polar surface area (TPSA) is 21.3 Å². The van der Waals surface area contributed by atoms with Crippen molar-refractivity contribution in [2.75, 3.05) is 19.9 Å². The second-order valence-electron chi connectivity index (χ2n) is 4.50. The maximum absolute atomic E-state index is 5.21. The fraction of sp³-hybridized carbons (Fsp3) is 0.294. The molecule has 0 aliphatic carbocycles. The Morgan fingerprint density at radius 2 is 1.55 bits per heavy atom. The highest BCUT2D eigenvalue weighted by Gasteiger charge is 2.11. The molecule has 1 unspecified atom stereocenters. The van der Waals surface area contributed by atoms with Crippen LogP contribution in [0.25, 0.3) is 0 Å². The summed E-state index contributed by atoms with van der Waals surface area (Å²) < 4.78 is 5.21. The molecule has 0 radical (unpaired) electrons. The third kappa shape index (κ3) is 3.56. The van der Waals surface area contributed by atoms with Crippen molar-refractivity contribution in [3.8, 4) is 5.75 Å². The van der Waals surface area contributed by atoms with Crippen molar-refractivity contribution in [2.24, 2.45) is 0 Å². The summed E-state index contributed by atoms with van der Waals surface area (Å²) in [4.78, 5) is 1.32. The Morgan fingerprint density at radius 3 is 2.00 bits per heavy atom. The molecular formula is C17H21NOS. The molecule has 0 saturated heterocycles. The van der Waals surface area contributed by atoms with E-state index in [9.17, 15) is 0 Å². The van der Waals surface area contributed by atoms with Gasteiger partial charge in [0, 0.05) is 4.90 Å². The Kier molecular flexibility index (Phi) is 5.50. The van der Waals surface area contributed by atoms with Gasteiger partial charge in [0.1, 0.15) is 5.75 Å². The van der Waals surface area contributed by atoms with Gasteiger partial charge in [0.05, 0.1) is 13.2 Å². The number of rotatable bonds is 6. The van der Waals surface area contributed by atoms with E-state index in [0.717, 1.165) is 11.5 Å². The van der Waals surface area contributed by atoms with Gasteiger partial charge in [0.2, 0.25) is 0 Å². The van der Waals surface area contributed by atoms with E-state index in [-0.39, 0.29) is 6.04 Å². The largest absolute Gasteiger partial charge is 0.497 e. The van der Waals surface area contributed by atoms with Crippen LogP contribution in [0.1, 0.15) is 24.1 Å². The third-order valence-electron chi connectivity index (χ3n) is 3.26. The average Bonchev–Trinajstić information content (AvgIpc) is 2.51. The van der Waals surface area contributed by atoms with Crippen LogP contribution < -0.4 is 10.1 Å². The van der Waals surface area contributed by atoms with Gasteiger partial charge >= 0.3 is 0 Å². The summed E-state index contributed by atoms with van der Waals surface area (Å²) in [5, 5.41) is 3.38. The molecule has 2 aromatic carbocycles. The first kappa shape index (κ1) is 14.9. The van der Waals surface area contributed by atoms with Crippen LogP contribution in [-0.2, 0) is 0 Å². The van der Waals surface area contributed by atoms with Crippen molar-refractivity contribution in [3.63, 3.8) is 0 Å². The van der Waals surface area contributed by atoms with Crippen molar-refractivity contribution in [3.05, 3.63) is 59.7 Å². The molecule has 0 bridgehead atoms. The van der Waals surface area contributed by atoms with Crippen LogP contribution in [0.5, 0.6) is 5.75 Å². The summed E-state index contributed by atoms with van der Waals surface area (Å²) in [6, 6.07) is 17.2. The van der Waals surface area contributed by atoms with Gasteiger partial charge in [-0.15, -0.1) is 11.8 Å². The maximum Gasteiger partial charge on any atom is 0.118 e. The molecule has 2 rings (SSSR count). The Balaban J connectivity index is 2.21. The van der Waals surface area contributed by atoms with E-state index in [2.05, 4.69) is 48.6 Å². The predicted molar refractivity (Wildman–Crippen MR) is 86.7 cm³/mol. The molecule has 2 nitrogen and oxygen atoms in total. The first-order valence-corrected chi connectivity index (χ1v) is 7.81. The summed E-state index contributed by atoms with van der Waals surface area (Å²) in [6.07, 6.45) is 0. The third-order valence-corrected chi connectivity index (χ3v) is 4.16. The van der Waals surface area contributed by atoms with Gasteiger partial charge in [-0.1, -0.05) is 31.2 Å². The molecule has 1 N–H and O–H groups in total. The van der Waals surface area contributed by atoms with E-state index in [1.54, 1.807) is 7.11 Å². The van der Waals surface area contributed by atoms with E-state index < -0.39 is 0 Å². The minimum atomic E-state index is 0.210. The van der Waals surface area contributed by atoms with Crippen LogP contribution in [0.4, 0.5) is 0 Å². The molecule has 0 aliphatic rings. The second-order valence-corrected chi connectivity index (χ2v) is 5.83. The molecule has 0 aromatic heterocycles. The van der Waals surface area contributed by atoms with Crippen LogP contribution in [0, 0.1) is 0 Å². The average molecular weight is 287 g/mol. The van der Waals surface area contributed by atoms with Crippen molar-refractivity contribution >= 4 is 11.8 Å². The lowest BCUT2D eigenvalue weighted by Crippen LogP contribution is -2.17. The zero-order valence-corrected chi connectivity index (χ0v) is 13.0. The minimum Gasteiger partial charge on any atom is -0.497 e. The highest BCUT2D eigenvalue weighted by Crippen LogP contribution is 2.26. The van der Waals surface area contributed by atoms with E-state index in [1.807, 2.05) is 30.9 Å². The van der Waals surface area contributed by atoms with E-state index in [4.69, 9.17) is 4.74 Å². The first-order valence-electron chi connectivity index (χ1n) is 6.82. The molecule has 106 valence electrons.